The van der Waals surface area contributed by atoms with Crippen molar-refractivity contribution in [3.05, 3.63) is 40.9 Å². The van der Waals surface area contributed by atoms with Gasteiger partial charge in [-0.25, -0.2) is 18.2 Å². The SMILES string of the molecule is COC(=O)c1cnc(N2CCN(S(=O)(=O)c3ccc(C)cc3)CC2)s1. The molecule has 0 saturated carbocycles. The summed E-state index contributed by atoms with van der Waals surface area (Å²) in [5.74, 6) is -0.413. The van der Waals surface area contributed by atoms with Crippen molar-refractivity contribution in [2.45, 2.75) is 11.8 Å². The molecule has 0 radical (unpaired) electrons. The highest BCUT2D eigenvalue weighted by Crippen LogP contribution is 2.25. The van der Waals surface area contributed by atoms with Crippen LogP contribution >= 0.6 is 11.3 Å². The van der Waals surface area contributed by atoms with Gasteiger partial charge in [0.05, 0.1) is 18.2 Å². The number of carbonyl (C=O) groups is 1. The van der Waals surface area contributed by atoms with Gasteiger partial charge in [0.15, 0.2) is 5.13 Å². The fourth-order valence-corrected chi connectivity index (χ4v) is 4.89. The number of nitrogens with zero attached hydrogens (tertiary/aromatic N) is 3. The highest BCUT2D eigenvalue weighted by molar-refractivity contribution is 7.89. The van der Waals surface area contributed by atoms with Crippen LogP contribution in [0, 0.1) is 6.92 Å². The average molecular weight is 381 g/mol. The van der Waals surface area contributed by atoms with Crippen molar-refractivity contribution < 1.29 is 17.9 Å². The molecule has 25 heavy (non-hydrogen) atoms. The summed E-state index contributed by atoms with van der Waals surface area (Å²) < 4.78 is 31.6. The number of rotatable bonds is 4. The van der Waals surface area contributed by atoms with Gasteiger partial charge in [-0.15, -0.1) is 0 Å². The Bertz CT molecular complexity index is 854. The number of aromatic nitrogens is 1. The Morgan fingerprint density at radius 2 is 1.80 bits per heavy atom. The zero-order valence-electron chi connectivity index (χ0n) is 14.0. The minimum Gasteiger partial charge on any atom is -0.465 e. The molecule has 0 N–H and O–H groups in total. The summed E-state index contributed by atoms with van der Waals surface area (Å²) in [6.07, 6.45) is 1.49. The molecule has 1 aliphatic heterocycles. The molecule has 7 nitrogen and oxygen atoms in total. The standard InChI is InChI=1S/C16H19N3O4S2/c1-12-3-5-13(6-4-12)25(21,22)19-9-7-18(8-10-19)16-17-11-14(24-16)15(20)23-2/h3-6,11H,7-10H2,1-2H3. The van der Waals surface area contributed by atoms with Crippen molar-refractivity contribution >= 4 is 32.5 Å². The number of ether oxygens (including phenoxy) is 1. The van der Waals surface area contributed by atoms with E-state index in [1.807, 2.05) is 11.8 Å². The Morgan fingerprint density at radius 1 is 1.16 bits per heavy atom. The predicted octanol–water partition coefficient (Wildman–Crippen LogP) is 1.75. The summed E-state index contributed by atoms with van der Waals surface area (Å²) in [6, 6.07) is 6.88. The summed E-state index contributed by atoms with van der Waals surface area (Å²) in [7, 11) is -2.15. The van der Waals surface area contributed by atoms with Crippen LogP contribution in [0.15, 0.2) is 35.4 Å². The Hall–Kier alpha value is -1.97. The Labute approximate surface area is 150 Å². The Balaban J connectivity index is 1.68. The van der Waals surface area contributed by atoms with Crippen molar-refractivity contribution in [3.63, 3.8) is 0 Å². The smallest absolute Gasteiger partial charge is 0.349 e. The molecule has 3 rings (SSSR count). The first-order valence-electron chi connectivity index (χ1n) is 7.78. The van der Waals surface area contributed by atoms with Crippen molar-refractivity contribution in [3.8, 4) is 0 Å². The molecule has 1 aliphatic rings. The number of anilines is 1. The molecule has 1 fully saturated rings. The minimum atomic E-state index is -3.48. The van der Waals surface area contributed by atoms with Gasteiger partial charge in [0.1, 0.15) is 4.88 Å². The number of esters is 1. The number of methoxy groups -OCH3 is 1. The van der Waals surface area contributed by atoms with Crippen LogP contribution < -0.4 is 4.90 Å². The van der Waals surface area contributed by atoms with Gasteiger partial charge in [-0.05, 0) is 19.1 Å². The molecule has 0 spiro atoms. The molecule has 1 aromatic carbocycles. The highest BCUT2D eigenvalue weighted by Gasteiger charge is 2.29. The molecule has 0 aliphatic carbocycles. The second-order valence-corrected chi connectivity index (χ2v) is 8.65. The lowest BCUT2D eigenvalue weighted by Gasteiger charge is -2.33. The van der Waals surface area contributed by atoms with E-state index in [1.165, 1.54) is 28.9 Å². The lowest BCUT2D eigenvalue weighted by Crippen LogP contribution is -2.48. The van der Waals surface area contributed by atoms with Crippen LogP contribution in [-0.2, 0) is 14.8 Å². The lowest BCUT2D eigenvalue weighted by atomic mass is 10.2. The van der Waals surface area contributed by atoms with Gasteiger partial charge in [0, 0.05) is 26.2 Å². The number of sulfonamides is 1. The van der Waals surface area contributed by atoms with Gasteiger partial charge in [-0.1, -0.05) is 29.0 Å². The summed E-state index contributed by atoms with van der Waals surface area (Å²) in [5.41, 5.74) is 1.02. The zero-order valence-corrected chi connectivity index (χ0v) is 15.6. The molecule has 0 atom stereocenters. The largest absolute Gasteiger partial charge is 0.465 e. The molecule has 9 heteroatoms. The first-order valence-corrected chi connectivity index (χ1v) is 10.0. The monoisotopic (exact) mass is 381 g/mol. The fraction of sp³-hybridized carbons (Fsp3) is 0.375. The molecule has 1 saturated heterocycles. The summed E-state index contributed by atoms with van der Waals surface area (Å²) in [5, 5.41) is 0.702. The van der Waals surface area contributed by atoms with Crippen LogP contribution in [0.5, 0.6) is 0 Å². The van der Waals surface area contributed by atoms with Crippen LogP contribution in [0.3, 0.4) is 0 Å². The molecule has 0 unspecified atom stereocenters. The Morgan fingerprint density at radius 3 is 2.40 bits per heavy atom. The van der Waals surface area contributed by atoms with Gasteiger partial charge in [0.2, 0.25) is 10.0 Å². The van der Waals surface area contributed by atoms with Crippen LogP contribution in [0.1, 0.15) is 15.2 Å². The number of hydrogen-bond acceptors (Lipinski definition) is 7. The number of aryl methyl sites for hydroxylation is 1. The van der Waals surface area contributed by atoms with Crippen LogP contribution in [-0.4, -0.2) is 57.0 Å². The molecule has 134 valence electrons. The second-order valence-electron chi connectivity index (χ2n) is 5.70. The molecule has 0 amide bonds. The quantitative estimate of drug-likeness (QED) is 0.751. The van der Waals surface area contributed by atoms with E-state index >= 15 is 0 Å². The van der Waals surface area contributed by atoms with Crippen molar-refractivity contribution in [1.82, 2.24) is 9.29 Å². The maximum absolute atomic E-state index is 12.7. The Kier molecular flexibility index (Phi) is 5.07. The molecule has 2 heterocycles. The number of carbonyl (C=O) groups excluding carboxylic acids is 1. The van der Waals surface area contributed by atoms with E-state index in [9.17, 15) is 13.2 Å². The van der Waals surface area contributed by atoms with E-state index in [-0.39, 0.29) is 0 Å². The minimum absolute atomic E-state index is 0.314. The maximum atomic E-state index is 12.7. The van der Waals surface area contributed by atoms with Gasteiger partial charge < -0.3 is 9.64 Å². The average Bonchev–Trinajstić information content (AvgIpc) is 3.11. The predicted molar refractivity (Wildman–Crippen MR) is 95.6 cm³/mol. The van der Waals surface area contributed by atoms with Crippen LogP contribution in [0.2, 0.25) is 0 Å². The van der Waals surface area contributed by atoms with Gasteiger partial charge >= 0.3 is 5.97 Å². The number of thiazole rings is 1. The number of hydrogen-bond donors (Lipinski definition) is 0. The topological polar surface area (TPSA) is 79.8 Å². The highest BCUT2D eigenvalue weighted by atomic mass is 32.2. The number of benzene rings is 1. The van der Waals surface area contributed by atoms with E-state index in [1.54, 1.807) is 24.3 Å². The van der Waals surface area contributed by atoms with Crippen molar-refractivity contribution in [2.24, 2.45) is 0 Å². The molecule has 2 aromatic rings. The fourth-order valence-electron chi connectivity index (χ4n) is 2.59. The van der Waals surface area contributed by atoms with Crippen LogP contribution in [0.25, 0.3) is 0 Å². The second kappa shape index (κ2) is 7.11. The van der Waals surface area contributed by atoms with Crippen LogP contribution in [0.4, 0.5) is 5.13 Å². The number of piperazine rings is 1. The van der Waals surface area contributed by atoms with Gasteiger partial charge in [-0.3, -0.25) is 0 Å². The first-order chi connectivity index (χ1) is 11.9. The lowest BCUT2D eigenvalue weighted by molar-refractivity contribution is 0.0606. The van der Waals surface area contributed by atoms with Crippen molar-refractivity contribution in [2.75, 3.05) is 38.2 Å². The third kappa shape index (κ3) is 3.68. The van der Waals surface area contributed by atoms with E-state index in [2.05, 4.69) is 9.72 Å². The normalized spacial score (nSPS) is 16.0. The maximum Gasteiger partial charge on any atom is 0.349 e. The van der Waals surface area contributed by atoms with Crippen molar-refractivity contribution in [1.29, 1.82) is 0 Å². The van der Waals surface area contributed by atoms with E-state index in [0.29, 0.717) is 41.1 Å². The summed E-state index contributed by atoms with van der Waals surface area (Å²) in [4.78, 5) is 18.5. The summed E-state index contributed by atoms with van der Waals surface area (Å²) >= 11 is 1.25. The van der Waals surface area contributed by atoms with E-state index < -0.39 is 16.0 Å². The third-order valence-electron chi connectivity index (χ3n) is 4.05. The molecule has 1 aromatic heterocycles. The van der Waals surface area contributed by atoms with Gasteiger partial charge in [-0.2, -0.15) is 4.31 Å². The zero-order chi connectivity index (χ0) is 18.0. The van der Waals surface area contributed by atoms with E-state index in [4.69, 9.17) is 0 Å². The first kappa shape index (κ1) is 17.8. The van der Waals surface area contributed by atoms with E-state index in [0.717, 1.165) is 5.56 Å². The summed E-state index contributed by atoms with van der Waals surface area (Å²) in [6.45, 7) is 3.73. The molecular weight excluding hydrogens is 362 g/mol. The molecular formula is C16H19N3O4S2. The van der Waals surface area contributed by atoms with Gasteiger partial charge in [0.25, 0.3) is 0 Å². The molecule has 0 bridgehead atoms. The third-order valence-corrected chi connectivity index (χ3v) is 7.00.